The van der Waals surface area contributed by atoms with Crippen LogP contribution in [-0.2, 0) is 9.59 Å². The summed E-state index contributed by atoms with van der Waals surface area (Å²) in [6.07, 6.45) is 0. The van der Waals surface area contributed by atoms with Crippen molar-refractivity contribution < 1.29 is 14.3 Å². The van der Waals surface area contributed by atoms with Crippen LogP contribution in [0.5, 0.6) is 5.75 Å². The molecule has 0 fully saturated rings. The molecule has 1 atom stereocenters. The smallest absolute Gasteiger partial charge is 0.258 e. The molecular formula is C13H19N3O3. The molecule has 19 heavy (non-hydrogen) atoms. The Morgan fingerprint density at radius 3 is 2.32 bits per heavy atom. The lowest BCUT2D eigenvalue weighted by atomic mass is 10.0. The minimum atomic E-state index is -0.692. The van der Waals surface area contributed by atoms with Gasteiger partial charge in [0, 0.05) is 5.69 Å². The molecule has 0 aliphatic heterocycles. The maximum atomic E-state index is 11.6. The van der Waals surface area contributed by atoms with Gasteiger partial charge in [-0.25, -0.2) is 0 Å². The van der Waals surface area contributed by atoms with Crippen LogP contribution in [0.3, 0.4) is 0 Å². The van der Waals surface area contributed by atoms with Crippen LogP contribution in [0, 0.1) is 5.92 Å². The van der Waals surface area contributed by atoms with Crippen molar-refractivity contribution in [1.29, 1.82) is 0 Å². The lowest BCUT2D eigenvalue weighted by Crippen LogP contribution is -2.49. The number of hydrogen-bond acceptors (Lipinski definition) is 4. The Kier molecular flexibility index (Phi) is 5.17. The predicted octanol–water partition coefficient (Wildman–Crippen LogP) is 0.274. The van der Waals surface area contributed by atoms with Crippen LogP contribution in [0.2, 0.25) is 0 Å². The monoisotopic (exact) mass is 265 g/mol. The van der Waals surface area contributed by atoms with Gasteiger partial charge in [0.2, 0.25) is 5.91 Å². The van der Waals surface area contributed by atoms with E-state index < -0.39 is 17.9 Å². The number of primary amides is 1. The van der Waals surface area contributed by atoms with Gasteiger partial charge in [0.1, 0.15) is 11.8 Å². The van der Waals surface area contributed by atoms with Gasteiger partial charge in [-0.3, -0.25) is 9.59 Å². The molecular weight excluding hydrogens is 246 g/mol. The largest absolute Gasteiger partial charge is 0.484 e. The van der Waals surface area contributed by atoms with Gasteiger partial charge >= 0.3 is 0 Å². The fourth-order valence-electron chi connectivity index (χ4n) is 1.49. The van der Waals surface area contributed by atoms with Crippen LogP contribution in [-0.4, -0.2) is 24.5 Å². The number of nitrogens with one attached hydrogen (secondary N) is 1. The number of amides is 2. The number of nitrogens with two attached hydrogens (primary N) is 2. The third-order valence-electron chi connectivity index (χ3n) is 2.54. The van der Waals surface area contributed by atoms with Crippen LogP contribution in [0.1, 0.15) is 13.8 Å². The first-order chi connectivity index (χ1) is 8.90. The molecule has 0 saturated carbocycles. The molecule has 6 nitrogen and oxygen atoms in total. The van der Waals surface area contributed by atoms with Gasteiger partial charge in [0.05, 0.1) is 0 Å². The second-order valence-electron chi connectivity index (χ2n) is 4.55. The average molecular weight is 265 g/mol. The highest BCUT2D eigenvalue weighted by Gasteiger charge is 2.21. The second kappa shape index (κ2) is 6.63. The van der Waals surface area contributed by atoms with E-state index in [-0.39, 0.29) is 12.5 Å². The van der Waals surface area contributed by atoms with Gasteiger partial charge in [0.15, 0.2) is 6.61 Å². The van der Waals surface area contributed by atoms with Crippen molar-refractivity contribution in [3.8, 4) is 5.75 Å². The second-order valence-corrected chi connectivity index (χ2v) is 4.55. The quantitative estimate of drug-likeness (QED) is 0.642. The molecule has 1 aromatic carbocycles. The van der Waals surface area contributed by atoms with E-state index in [0.717, 1.165) is 0 Å². The number of ether oxygens (including phenoxy) is 1. The summed E-state index contributed by atoms with van der Waals surface area (Å²) in [6.45, 7) is 3.42. The fraction of sp³-hybridized carbons (Fsp3) is 0.385. The first-order valence-electron chi connectivity index (χ1n) is 5.97. The van der Waals surface area contributed by atoms with E-state index in [1.165, 1.54) is 0 Å². The number of benzene rings is 1. The number of rotatable bonds is 6. The topological polar surface area (TPSA) is 107 Å². The van der Waals surface area contributed by atoms with Gasteiger partial charge in [0.25, 0.3) is 5.91 Å². The number of carbonyl (C=O) groups excluding carboxylic acids is 2. The summed E-state index contributed by atoms with van der Waals surface area (Å²) < 4.78 is 5.26. The molecule has 104 valence electrons. The van der Waals surface area contributed by atoms with Gasteiger partial charge in [-0.2, -0.15) is 0 Å². The van der Waals surface area contributed by atoms with Crippen LogP contribution in [0.15, 0.2) is 24.3 Å². The maximum Gasteiger partial charge on any atom is 0.258 e. The molecule has 0 heterocycles. The molecule has 1 aromatic rings. The molecule has 0 bridgehead atoms. The maximum absolute atomic E-state index is 11.6. The van der Waals surface area contributed by atoms with Gasteiger partial charge in [-0.1, -0.05) is 13.8 Å². The molecule has 1 unspecified atom stereocenters. The molecule has 0 saturated heterocycles. The molecule has 0 aromatic heterocycles. The number of carbonyl (C=O) groups is 2. The van der Waals surface area contributed by atoms with Crippen LogP contribution in [0.4, 0.5) is 5.69 Å². The highest BCUT2D eigenvalue weighted by atomic mass is 16.5. The summed E-state index contributed by atoms with van der Waals surface area (Å²) in [5.41, 5.74) is 11.3. The highest BCUT2D eigenvalue weighted by Crippen LogP contribution is 2.12. The Morgan fingerprint density at radius 2 is 1.84 bits per heavy atom. The zero-order valence-electron chi connectivity index (χ0n) is 11.1. The third-order valence-corrected chi connectivity index (χ3v) is 2.54. The van der Waals surface area contributed by atoms with E-state index >= 15 is 0 Å². The van der Waals surface area contributed by atoms with E-state index in [9.17, 15) is 9.59 Å². The molecule has 0 radical (unpaired) electrons. The highest BCUT2D eigenvalue weighted by molar-refractivity contribution is 5.87. The summed E-state index contributed by atoms with van der Waals surface area (Å²) in [5.74, 6) is -0.493. The third kappa shape index (κ3) is 4.87. The molecule has 0 aliphatic rings. The Hall–Kier alpha value is -2.24. The Bertz CT molecular complexity index is 443. The fourth-order valence-corrected chi connectivity index (χ4v) is 1.49. The van der Waals surface area contributed by atoms with Crippen molar-refractivity contribution >= 4 is 17.5 Å². The van der Waals surface area contributed by atoms with Crippen molar-refractivity contribution in [3.05, 3.63) is 24.3 Å². The van der Waals surface area contributed by atoms with Crippen molar-refractivity contribution in [1.82, 2.24) is 5.32 Å². The minimum Gasteiger partial charge on any atom is -0.484 e. The predicted molar refractivity (Wildman–Crippen MR) is 72.3 cm³/mol. The summed E-state index contributed by atoms with van der Waals surface area (Å²) in [5, 5.41) is 2.53. The van der Waals surface area contributed by atoms with E-state index in [2.05, 4.69) is 5.32 Å². The van der Waals surface area contributed by atoms with Gasteiger partial charge in [-0.15, -0.1) is 0 Å². The molecule has 1 rings (SSSR count). The number of hydrogen-bond donors (Lipinski definition) is 3. The zero-order valence-corrected chi connectivity index (χ0v) is 11.1. The van der Waals surface area contributed by atoms with Crippen molar-refractivity contribution in [2.24, 2.45) is 11.7 Å². The van der Waals surface area contributed by atoms with Gasteiger partial charge < -0.3 is 21.5 Å². The number of nitrogen functional groups attached to an aromatic ring is 1. The molecule has 2 amide bonds. The summed E-state index contributed by atoms with van der Waals surface area (Å²) in [6, 6.07) is 5.98. The van der Waals surface area contributed by atoms with Crippen molar-refractivity contribution in [2.45, 2.75) is 19.9 Å². The molecule has 0 spiro atoms. The molecule has 6 heteroatoms. The Labute approximate surface area is 112 Å². The average Bonchev–Trinajstić information content (AvgIpc) is 2.34. The zero-order chi connectivity index (χ0) is 14.4. The Balaban J connectivity index is 2.47. The molecule has 5 N–H and O–H groups in total. The first kappa shape index (κ1) is 14.8. The van der Waals surface area contributed by atoms with Crippen LogP contribution >= 0.6 is 0 Å². The van der Waals surface area contributed by atoms with Crippen molar-refractivity contribution in [3.63, 3.8) is 0 Å². The standard InChI is InChI=1S/C13H19N3O3/c1-8(2)12(13(15)18)16-11(17)7-19-10-5-3-9(14)4-6-10/h3-6,8,12H,7,14H2,1-2H3,(H2,15,18)(H,16,17). The van der Waals surface area contributed by atoms with Crippen molar-refractivity contribution in [2.75, 3.05) is 12.3 Å². The van der Waals surface area contributed by atoms with Gasteiger partial charge in [-0.05, 0) is 30.2 Å². The van der Waals surface area contributed by atoms with E-state index in [0.29, 0.717) is 11.4 Å². The van der Waals surface area contributed by atoms with Crippen LogP contribution in [0.25, 0.3) is 0 Å². The normalized spacial score (nSPS) is 11.9. The van der Waals surface area contributed by atoms with E-state index in [4.69, 9.17) is 16.2 Å². The lowest BCUT2D eigenvalue weighted by molar-refractivity contribution is -0.129. The van der Waals surface area contributed by atoms with Crippen LogP contribution < -0.4 is 21.5 Å². The summed E-state index contributed by atoms with van der Waals surface area (Å²) >= 11 is 0. The first-order valence-corrected chi connectivity index (χ1v) is 5.97. The summed E-state index contributed by atoms with van der Waals surface area (Å²) in [7, 11) is 0. The Morgan fingerprint density at radius 1 is 1.26 bits per heavy atom. The SMILES string of the molecule is CC(C)C(NC(=O)COc1ccc(N)cc1)C(N)=O. The summed E-state index contributed by atoms with van der Waals surface area (Å²) in [4.78, 5) is 22.8. The molecule has 0 aliphatic carbocycles. The van der Waals surface area contributed by atoms with E-state index in [1.807, 2.05) is 0 Å². The number of anilines is 1. The lowest BCUT2D eigenvalue weighted by Gasteiger charge is -2.18. The van der Waals surface area contributed by atoms with E-state index in [1.54, 1.807) is 38.1 Å². The minimum absolute atomic E-state index is 0.0713.